The molecule has 3 aromatic rings. The van der Waals surface area contributed by atoms with Crippen molar-refractivity contribution in [3.8, 4) is 0 Å². The Hall–Kier alpha value is -1.66. The first kappa shape index (κ1) is 18.7. The molecule has 0 aliphatic carbocycles. The Morgan fingerprint density at radius 3 is 3.00 bits per heavy atom. The van der Waals surface area contributed by atoms with Gasteiger partial charge in [0.05, 0.1) is 10.6 Å². The summed E-state index contributed by atoms with van der Waals surface area (Å²) in [5, 5.41) is 5.43. The average molecular weight is 420 g/mol. The smallest absolute Gasteiger partial charge is 0.228 e. The van der Waals surface area contributed by atoms with Crippen molar-refractivity contribution in [2.24, 2.45) is 5.92 Å². The molecular formula is C20H19Cl2N3OS. The lowest BCUT2D eigenvalue weighted by atomic mass is 9.96. The molecule has 4 nitrogen and oxygen atoms in total. The van der Waals surface area contributed by atoms with Gasteiger partial charge in [0.2, 0.25) is 5.91 Å². The molecule has 0 unspecified atom stereocenters. The maximum atomic E-state index is 12.8. The van der Waals surface area contributed by atoms with Crippen LogP contribution in [0.1, 0.15) is 18.4 Å². The fourth-order valence-corrected chi connectivity index (χ4v) is 4.59. The summed E-state index contributed by atoms with van der Waals surface area (Å²) in [4.78, 5) is 15.0. The van der Waals surface area contributed by atoms with E-state index in [1.807, 2.05) is 36.5 Å². The van der Waals surface area contributed by atoms with Gasteiger partial charge in [-0.05, 0) is 66.8 Å². The summed E-state index contributed by atoms with van der Waals surface area (Å²) in [6, 6.07) is 11.5. The summed E-state index contributed by atoms with van der Waals surface area (Å²) >= 11 is 13.7. The zero-order valence-electron chi connectivity index (χ0n) is 14.6. The molecule has 0 saturated carbocycles. The minimum atomic E-state index is -0.0267. The van der Waals surface area contributed by atoms with E-state index in [-0.39, 0.29) is 11.8 Å². The summed E-state index contributed by atoms with van der Waals surface area (Å²) in [6.45, 7) is 2.43. The Labute approximate surface area is 172 Å². The quantitative estimate of drug-likeness (QED) is 0.610. The molecule has 2 heterocycles. The van der Waals surface area contributed by atoms with Gasteiger partial charge in [0.15, 0.2) is 0 Å². The molecule has 1 amide bonds. The van der Waals surface area contributed by atoms with Gasteiger partial charge in [0, 0.05) is 40.4 Å². The summed E-state index contributed by atoms with van der Waals surface area (Å²) in [5.74, 6) is 0.0468. The zero-order chi connectivity index (χ0) is 18.8. The average Bonchev–Trinajstić information content (AvgIpc) is 3.12. The molecule has 1 aliphatic heterocycles. The Kier molecular flexibility index (Phi) is 5.64. The number of fused-ring (bicyclic) bond motifs is 1. The van der Waals surface area contributed by atoms with Gasteiger partial charge in [0.1, 0.15) is 0 Å². The molecule has 0 bridgehead atoms. The molecule has 1 fully saturated rings. The predicted octanol–water partition coefficient (Wildman–Crippen LogP) is 5.45. The lowest BCUT2D eigenvalue weighted by molar-refractivity contribution is -0.121. The SMILES string of the molecule is O=C(Nc1ccc2sncc2c1)[C@H]1CCCN(Cc2ccc(Cl)cc2Cl)C1. The number of likely N-dealkylation sites (tertiary alicyclic amines) is 1. The molecule has 0 spiro atoms. The van der Waals surface area contributed by atoms with Crippen LogP contribution in [-0.2, 0) is 11.3 Å². The second kappa shape index (κ2) is 8.15. The standard InChI is InChI=1S/C20H19Cl2N3OS/c21-16-4-3-13(18(22)9-16)11-25-7-1-2-14(12-25)20(26)24-17-5-6-19-15(8-17)10-23-27-19/h3-6,8-10,14H,1-2,7,11-12H2,(H,24,26)/t14-/m0/s1. The Morgan fingerprint density at radius 2 is 2.15 bits per heavy atom. The van der Waals surface area contributed by atoms with Crippen molar-refractivity contribution in [2.75, 3.05) is 18.4 Å². The van der Waals surface area contributed by atoms with E-state index in [9.17, 15) is 4.79 Å². The van der Waals surface area contributed by atoms with Crippen LogP contribution < -0.4 is 5.32 Å². The Bertz CT molecular complexity index is 975. The number of anilines is 1. The van der Waals surface area contributed by atoms with E-state index in [0.717, 1.165) is 53.8 Å². The lowest BCUT2D eigenvalue weighted by Gasteiger charge is -2.32. The topological polar surface area (TPSA) is 45.2 Å². The van der Waals surface area contributed by atoms with Gasteiger partial charge in [-0.1, -0.05) is 29.3 Å². The van der Waals surface area contributed by atoms with Crippen LogP contribution >= 0.6 is 34.7 Å². The van der Waals surface area contributed by atoms with E-state index in [1.165, 1.54) is 11.5 Å². The normalized spacial score (nSPS) is 17.9. The highest BCUT2D eigenvalue weighted by molar-refractivity contribution is 7.13. The van der Waals surface area contributed by atoms with Crippen molar-refractivity contribution >= 4 is 56.4 Å². The van der Waals surface area contributed by atoms with Crippen LogP contribution in [0.5, 0.6) is 0 Å². The number of nitrogens with zero attached hydrogens (tertiary/aromatic N) is 2. The summed E-state index contributed by atoms with van der Waals surface area (Å²) in [5.41, 5.74) is 1.86. The molecule has 1 aromatic heterocycles. The van der Waals surface area contributed by atoms with E-state index in [0.29, 0.717) is 10.0 Å². The second-order valence-electron chi connectivity index (χ2n) is 6.88. The van der Waals surface area contributed by atoms with Crippen molar-refractivity contribution in [1.82, 2.24) is 9.27 Å². The highest BCUT2D eigenvalue weighted by Crippen LogP contribution is 2.26. The summed E-state index contributed by atoms with van der Waals surface area (Å²) < 4.78 is 5.30. The number of rotatable bonds is 4. The molecule has 4 rings (SSSR count). The fourth-order valence-electron chi connectivity index (χ4n) is 3.50. The molecule has 2 aromatic carbocycles. The number of amides is 1. The molecule has 0 radical (unpaired) electrons. The second-order valence-corrected chi connectivity index (χ2v) is 8.55. The third kappa shape index (κ3) is 4.43. The van der Waals surface area contributed by atoms with E-state index in [1.54, 1.807) is 6.07 Å². The van der Waals surface area contributed by atoms with Crippen molar-refractivity contribution in [2.45, 2.75) is 19.4 Å². The van der Waals surface area contributed by atoms with Crippen molar-refractivity contribution in [3.63, 3.8) is 0 Å². The van der Waals surface area contributed by atoms with Crippen molar-refractivity contribution in [1.29, 1.82) is 0 Å². The van der Waals surface area contributed by atoms with E-state index in [2.05, 4.69) is 14.6 Å². The number of halogens is 2. The highest BCUT2D eigenvalue weighted by atomic mass is 35.5. The van der Waals surface area contributed by atoms with E-state index < -0.39 is 0 Å². The van der Waals surface area contributed by atoms with Gasteiger partial charge in [-0.15, -0.1) is 0 Å². The Morgan fingerprint density at radius 1 is 1.26 bits per heavy atom. The fraction of sp³-hybridized carbons (Fsp3) is 0.300. The number of benzene rings is 2. The first-order chi connectivity index (χ1) is 13.1. The monoisotopic (exact) mass is 419 g/mol. The number of hydrogen-bond acceptors (Lipinski definition) is 4. The molecule has 1 aliphatic rings. The van der Waals surface area contributed by atoms with Crippen LogP contribution in [0.25, 0.3) is 10.1 Å². The molecular weight excluding hydrogens is 401 g/mol. The summed E-state index contributed by atoms with van der Waals surface area (Å²) in [7, 11) is 0. The molecule has 1 atom stereocenters. The third-order valence-corrected chi connectivity index (χ3v) is 6.27. The number of piperidine rings is 1. The number of carbonyl (C=O) groups excluding carboxylic acids is 1. The maximum absolute atomic E-state index is 12.8. The van der Waals surface area contributed by atoms with Crippen LogP contribution in [-0.4, -0.2) is 28.3 Å². The van der Waals surface area contributed by atoms with Crippen LogP contribution in [0.3, 0.4) is 0 Å². The molecule has 7 heteroatoms. The van der Waals surface area contributed by atoms with Gasteiger partial charge in [-0.3, -0.25) is 9.69 Å². The van der Waals surface area contributed by atoms with Crippen LogP contribution in [0.4, 0.5) is 5.69 Å². The lowest BCUT2D eigenvalue weighted by Crippen LogP contribution is -2.40. The van der Waals surface area contributed by atoms with E-state index >= 15 is 0 Å². The van der Waals surface area contributed by atoms with Gasteiger partial charge in [-0.2, -0.15) is 4.37 Å². The van der Waals surface area contributed by atoms with Crippen LogP contribution in [0.15, 0.2) is 42.6 Å². The van der Waals surface area contributed by atoms with Gasteiger partial charge in [-0.25, -0.2) is 0 Å². The first-order valence-corrected chi connectivity index (χ1v) is 10.4. The number of aromatic nitrogens is 1. The number of nitrogens with one attached hydrogen (secondary N) is 1. The van der Waals surface area contributed by atoms with Crippen LogP contribution in [0, 0.1) is 5.92 Å². The molecule has 1 N–H and O–H groups in total. The minimum Gasteiger partial charge on any atom is -0.326 e. The van der Waals surface area contributed by atoms with Crippen molar-refractivity contribution < 1.29 is 4.79 Å². The summed E-state index contributed by atoms with van der Waals surface area (Å²) in [6.07, 6.45) is 3.73. The Balaban J connectivity index is 1.40. The first-order valence-electron chi connectivity index (χ1n) is 8.90. The van der Waals surface area contributed by atoms with Crippen molar-refractivity contribution in [3.05, 3.63) is 58.2 Å². The van der Waals surface area contributed by atoms with E-state index in [4.69, 9.17) is 23.2 Å². The van der Waals surface area contributed by atoms with Gasteiger partial charge >= 0.3 is 0 Å². The largest absolute Gasteiger partial charge is 0.326 e. The third-order valence-electron chi connectivity index (χ3n) is 4.91. The van der Waals surface area contributed by atoms with Gasteiger partial charge in [0.25, 0.3) is 0 Å². The minimum absolute atomic E-state index is 0.0267. The maximum Gasteiger partial charge on any atom is 0.228 e. The van der Waals surface area contributed by atoms with Gasteiger partial charge < -0.3 is 5.32 Å². The predicted molar refractivity (Wildman–Crippen MR) is 113 cm³/mol. The van der Waals surface area contributed by atoms with Crippen LogP contribution in [0.2, 0.25) is 10.0 Å². The highest BCUT2D eigenvalue weighted by Gasteiger charge is 2.26. The number of hydrogen-bond donors (Lipinski definition) is 1. The molecule has 27 heavy (non-hydrogen) atoms. The number of carbonyl (C=O) groups is 1. The zero-order valence-corrected chi connectivity index (χ0v) is 16.9. The molecule has 140 valence electrons. The molecule has 1 saturated heterocycles.